The first kappa shape index (κ1) is 37.2. The summed E-state index contributed by atoms with van der Waals surface area (Å²) in [6.45, 7) is 21.0. The number of rotatable bonds is 15. The van der Waals surface area contributed by atoms with Crippen molar-refractivity contribution in [2.45, 2.75) is 180 Å². The molecule has 0 bridgehead atoms. The minimum Gasteiger partial charge on any atom is -0.390 e. The average Bonchev–Trinajstić information content (AvgIpc) is 2.92. The third-order valence-electron chi connectivity index (χ3n) is 9.24. The standard InChI is InChI=1S/C33H58NO3P.C2H6/c1-8-24-38(29(16-12-21-31(4,5)36)17-13-22-32(6,9-2)34-37)33(7)23-11-14-27(25-33)19-20-28-15-10-18-30(35)26(28)3;1-2/h19-20,29-30,35-36H,3,8-18,21-25H2,1-2,4-7H3;1-2H3/b27-19+,28-20-;. The minimum absolute atomic E-state index is 0.205. The van der Waals surface area contributed by atoms with E-state index in [4.69, 9.17) is 0 Å². The fourth-order valence-electron chi connectivity index (χ4n) is 6.56. The van der Waals surface area contributed by atoms with E-state index in [1.54, 1.807) is 5.57 Å². The Morgan fingerprint density at radius 3 is 2.33 bits per heavy atom. The zero-order chi connectivity index (χ0) is 30.4. The van der Waals surface area contributed by atoms with Crippen molar-refractivity contribution in [2.75, 3.05) is 6.16 Å². The number of hydrogen-bond acceptors (Lipinski definition) is 4. The molecule has 2 aliphatic carbocycles. The van der Waals surface area contributed by atoms with Crippen LogP contribution in [0.1, 0.15) is 152 Å². The van der Waals surface area contributed by atoms with Crippen molar-refractivity contribution < 1.29 is 10.2 Å². The third kappa shape index (κ3) is 12.2. The van der Waals surface area contributed by atoms with Crippen LogP contribution in [0.15, 0.2) is 40.6 Å². The van der Waals surface area contributed by atoms with Gasteiger partial charge in [-0.15, -0.1) is 0 Å². The molecule has 0 aliphatic heterocycles. The van der Waals surface area contributed by atoms with Gasteiger partial charge in [-0.25, -0.2) is 0 Å². The van der Waals surface area contributed by atoms with E-state index in [2.05, 4.69) is 44.7 Å². The van der Waals surface area contributed by atoms with Crippen molar-refractivity contribution in [2.24, 2.45) is 5.18 Å². The van der Waals surface area contributed by atoms with Crippen LogP contribution in [-0.4, -0.2) is 44.4 Å². The van der Waals surface area contributed by atoms with Crippen LogP contribution in [0.2, 0.25) is 0 Å². The first-order chi connectivity index (χ1) is 18.9. The van der Waals surface area contributed by atoms with Gasteiger partial charge in [0.15, 0.2) is 0 Å². The second-order valence-corrected chi connectivity index (χ2v) is 16.6. The van der Waals surface area contributed by atoms with Crippen LogP contribution in [0, 0.1) is 4.91 Å². The average molecular weight is 578 g/mol. The first-order valence-corrected chi connectivity index (χ1v) is 18.1. The number of allylic oxidation sites excluding steroid dienone is 3. The molecule has 0 heterocycles. The van der Waals surface area contributed by atoms with E-state index in [9.17, 15) is 15.1 Å². The maximum Gasteiger partial charge on any atom is 0.0996 e. The summed E-state index contributed by atoms with van der Waals surface area (Å²) >= 11 is 0. The lowest BCUT2D eigenvalue weighted by Crippen LogP contribution is -2.32. The van der Waals surface area contributed by atoms with E-state index >= 15 is 0 Å². The number of nitrogens with zero attached hydrogens (tertiary/aromatic N) is 1. The maximum atomic E-state index is 11.5. The molecule has 0 amide bonds. The number of aliphatic hydroxyl groups excluding tert-OH is 1. The molecule has 2 aliphatic rings. The zero-order valence-corrected chi connectivity index (χ0v) is 28.4. The topological polar surface area (TPSA) is 69.9 Å². The molecular formula is C35H64NO3P. The van der Waals surface area contributed by atoms with Gasteiger partial charge in [0.05, 0.1) is 17.2 Å². The van der Waals surface area contributed by atoms with Crippen molar-refractivity contribution in [1.29, 1.82) is 0 Å². The second-order valence-electron chi connectivity index (χ2n) is 13.4. The van der Waals surface area contributed by atoms with Gasteiger partial charge >= 0.3 is 0 Å². The van der Waals surface area contributed by atoms with Gasteiger partial charge in [0.2, 0.25) is 0 Å². The highest BCUT2D eigenvalue weighted by atomic mass is 31.1. The molecule has 0 saturated heterocycles. The SMILES string of the molecule is C=C1/C(=C\C=C2/CCCC(C)(P(CCC)C(CCCC(C)(C)O)CCCC(C)(CC)N=O)C2)CCCC1O.CC. The molecule has 0 radical (unpaired) electrons. The molecule has 0 aromatic carbocycles. The van der Waals surface area contributed by atoms with Crippen molar-refractivity contribution >= 4 is 7.92 Å². The number of nitroso groups, excluding NO2 is 1. The van der Waals surface area contributed by atoms with Crippen LogP contribution >= 0.6 is 7.92 Å². The molecule has 4 nitrogen and oxygen atoms in total. The lowest BCUT2D eigenvalue weighted by molar-refractivity contribution is 0.0681. The summed E-state index contributed by atoms with van der Waals surface area (Å²) in [4.78, 5) is 11.5. The second kappa shape index (κ2) is 18.0. The van der Waals surface area contributed by atoms with Crippen molar-refractivity contribution in [1.82, 2.24) is 0 Å². The summed E-state index contributed by atoms with van der Waals surface area (Å²) in [7, 11) is -0.205. The van der Waals surface area contributed by atoms with Gasteiger partial charge in [-0.2, -0.15) is 4.91 Å². The summed E-state index contributed by atoms with van der Waals surface area (Å²) in [6, 6.07) is 0. The predicted molar refractivity (Wildman–Crippen MR) is 178 cm³/mol. The smallest absolute Gasteiger partial charge is 0.0996 e. The Morgan fingerprint density at radius 1 is 1.10 bits per heavy atom. The molecule has 5 atom stereocenters. The summed E-state index contributed by atoms with van der Waals surface area (Å²) in [5.74, 6) is 0. The normalized spacial score (nSPS) is 27.1. The largest absolute Gasteiger partial charge is 0.390 e. The molecule has 2 rings (SSSR count). The molecule has 40 heavy (non-hydrogen) atoms. The van der Waals surface area contributed by atoms with Gasteiger partial charge in [-0.3, -0.25) is 0 Å². The van der Waals surface area contributed by atoms with Crippen molar-refractivity contribution in [3.05, 3.63) is 40.4 Å². The van der Waals surface area contributed by atoms with Gasteiger partial charge in [-0.05, 0) is 132 Å². The summed E-state index contributed by atoms with van der Waals surface area (Å²) in [6.07, 6.45) is 21.5. The lowest BCUT2D eigenvalue weighted by atomic mass is 9.84. The van der Waals surface area contributed by atoms with Crippen molar-refractivity contribution in [3.63, 3.8) is 0 Å². The van der Waals surface area contributed by atoms with Crippen LogP contribution in [0.5, 0.6) is 0 Å². The van der Waals surface area contributed by atoms with Crippen LogP contribution < -0.4 is 0 Å². The predicted octanol–water partition coefficient (Wildman–Crippen LogP) is 10.6. The molecule has 0 aromatic rings. The van der Waals surface area contributed by atoms with Gasteiger partial charge in [0, 0.05) is 0 Å². The molecule has 2 fully saturated rings. The van der Waals surface area contributed by atoms with Crippen molar-refractivity contribution in [3.8, 4) is 0 Å². The number of hydrogen-bond donors (Lipinski definition) is 2. The minimum atomic E-state index is -0.616. The Kier molecular flexibility index (Phi) is 16.7. The Morgan fingerprint density at radius 2 is 1.75 bits per heavy atom. The van der Waals surface area contributed by atoms with E-state index in [1.807, 2.05) is 34.6 Å². The summed E-state index contributed by atoms with van der Waals surface area (Å²) in [5, 5.41) is 24.4. The van der Waals surface area contributed by atoms with Crippen LogP contribution in [0.25, 0.3) is 0 Å². The molecule has 2 N–H and O–H groups in total. The van der Waals surface area contributed by atoms with Gasteiger partial charge in [-0.1, -0.05) is 84.9 Å². The quantitative estimate of drug-likeness (QED) is 0.150. The lowest BCUT2D eigenvalue weighted by Gasteiger charge is -2.46. The molecule has 5 unspecified atom stereocenters. The van der Waals surface area contributed by atoms with Gasteiger partial charge < -0.3 is 10.2 Å². The molecule has 5 heteroatoms. The Bertz CT molecular complexity index is 829. The Labute approximate surface area is 249 Å². The molecule has 232 valence electrons. The van der Waals surface area contributed by atoms with Crippen LogP contribution in [0.4, 0.5) is 0 Å². The van der Waals surface area contributed by atoms with E-state index < -0.39 is 11.1 Å². The Hall–Kier alpha value is -0.830. The summed E-state index contributed by atoms with van der Waals surface area (Å²) in [5.41, 5.74) is 3.30. The molecular weight excluding hydrogens is 513 g/mol. The first-order valence-electron chi connectivity index (χ1n) is 16.5. The molecule has 2 saturated carbocycles. The van der Waals surface area contributed by atoms with E-state index in [1.165, 1.54) is 56.7 Å². The molecule has 0 aromatic heterocycles. The van der Waals surface area contributed by atoms with Gasteiger partial charge in [0.1, 0.15) is 0 Å². The van der Waals surface area contributed by atoms with Crippen LogP contribution in [-0.2, 0) is 0 Å². The monoisotopic (exact) mass is 577 g/mol. The fraction of sp³-hybridized carbons (Fsp3) is 0.829. The van der Waals surface area contributed by atoms with Gasteiger partial charge in [0.25, 0.3) is 0 Å². The zero-order valence-electron chi connectivity index (χ0n) is 27.5. The van der Waals surface area contributed by atoms with Crippen LogP contribution in [0.3, 0.4) is 0 Å². The molecule has 0 spiro atoms. The van der Waals surface area contributed by atoms with E-state index in [0.29, 0.717) is 10.8 Å². The third-order valence-corrected chi connectivity index (χ3v) is 13.3. The fourth-order valence-corrected chi connectivity index (χ4v) is 10.7. The summed E-state index contributed by atoms with van der Waals surface area (Å²) < 4.78 is 0. The Balaban J connectivity index is 0.00000391. The van der Waals surface area contributed by atoms with E-state index in [-0.39, 0.29) is 14.0 Å². The maximum absolute atomic E-state index is 11.5. The highest BCUT2D eigenvalue weighted by Crippen LogP contribution is 2.62. The van der Waals surface area contributed by atoms with E-state index in [0.717, 1.165) is 56.9 Å². The number of aliphatic hydroxyl groups is 2. The highest BCUT2D eigenvalue weighted by Gasteiger charge is 2.40. The highest BCUT2D eigenvalue weighted by molar-refractivity contribution is 7.60.